The van der Waals surface area contributed by atoms with Gasteiger partial charge in [0.15, 0.2) is 0 Å². The van der Waals surface area contributed by atoms with Crippen LogP contribution in [0.25, 0.3) is 5.57 Å². The summed E-state index contributed by atoms with van der Waals surface area (Å²) in [6, 6.07) is 10.3. The minimum absolute atomic E-state index is 0.0548. The minimum Gasteiger partial charge on any atom is -0.465 e. The lowest BCUT2D eigenvalue weighted by atomic mass is 10.0. The maximum absolute atomic E-state index is 13.0. The van der Waals surface area contributed by atoms with Crippen molar-refractivity contribution in [2.75, 3.05) is 17.3 Å². The van der Waals surface area contributed by atoms with Crippen LogP contribution in [0.15, 0.2) is 41.3 Å². The average molecular weight is 395 g/mol. The molecule has 142 valence electrons. The summed E-state index contributed by atoms with van der Waals surface area (Å²) < 4.78 is 4.69. The van der Waals surface area contributed by atoms with Gasteiger partial charge in [0.25, 0.3) is 11.8 Å². The van der Waals surface area contributed by atoms with Gasteiger partial charge in [-0.25, -0.2) is 4.79 Å². The summed E-state index contributed by atoms with van der Waals surface area (Å²) in [5, 5.41) is 13.8. The van der Waals surface area contributed by atoms with Crippen molar-refractivity contribution in [2.45, 2.75) is 19.9 Å². The highest BCUT2D eigenvalue weighted by atomic mass is 32.1. The fourth-order valence-corrected chi connectivity index (χ4v) is 3.82. The second-order valence-electron chi connectivity index (χ2n) is 6.26. The Morgan fingerprint density at radius 2 is 1.96 bits per heavy atom. The van der Waals surface area contributed by atoms with Crippen LogP contribution in [0.2, 0.25) is 0 Å². The molecule has 2 aromatic rings. The van der Waals surface area contributed by atoms with Crippen molar-refractivity contribution in [1.82, 2.24) is 0 Å². The van der Waals surface area contributed by atoms with Gasteiger partial charge in [0.1, 0.15) is 16.5 Å². The summed E-state index contributed by atoms with van der Waals surface area (Å²) in [5.41, 5.74) is 1.17. The lowest BCUT2D eigenvalue weighted by molar-refractivity contribution is -0.115. The van der Waals surface area contributed by atoms with Crippen LogP contribution in [0.1, 0.15) is 29.1 Å². The zero-order chi connectivity index (χ0) is 20.4. The van der Waals surface area contributed by atoms with E-state index in [-0.39, 0.29) is 27.8 Å². The lowest BCUT2D eigenvalue weighted by Crippen LogP contribution is -2.33. The highest BCUT2D eigenvalue weighted by Crippen LogP contribution is 2.39. The van der Waals surface area contributed by atoms with Crippen molar-refractivity contribution in [3.8, 4) is 6.07 Å². The maximum atomic E-state index is 13.0. The molecule has 0 saturated heterocycles. The Kier molecular flexibility index (Phi) is 5.29. The number of carbonyl (C=O) groups excluding carboxylic acids is 3. The number of amides is 2. The Bertz CT molecular complexity index is 1050. The molecule has 0 atom stereocenters. The maximum Gasteiger partial charge on any atom is 0.350 e. The molecule has 0 spiro atoms. The Morgan fingerprint density at radius 3 is 2.61 bits per heavy atom. The SMILES string of the molecule is COC(=O)c1sccc1NC(=O)C(C#N)=C1C(=O)N(C(C)C)c2ccccc21. The molecule has 0 unspecified atom stereocenters. The first-order chi connectivity index (χ1) is 13.4. The first-order valence-corrected chi connectivity index (χ1v) is 9.33. The number of hydrogen-bond acceptors (Lipinski definition) is 6. The predicted octanol–water partition coefficient (Wildman–Crippen LogP) is 3.21. The summed E-state index contributed by atoms with van der Waals surface area (Å²) >= 11 is 1.11. The van der Waals surface area contributed by atoms with Gasteiger partial charge in [-0.2, -0.15) is 5.26 Å². The molecular formula is C20H17N3O4S. The highest BCUT2D eigenvalue weighted by Gasteiger charge is 2.37. The van der Waals surface area contributed by atoms with Crippen LogP contribution in [-0.2, 0) is 14.3 Å². The summed E-state index contributed by atoms with van der Waals surface area (Å²) in [7, 11) is 1.24. The Labute approximate surface area is 165 Å². The molecule has 0 radical (unpaired) electrons. The standard InChI is InChI=1S/C20H17N3O4S/c1-11(2)23-15-7-5-4-6-12(15)16(19(23)25)13(10-21)18(24)22-14-8-9-28-17(14)20(26)27-3/h4-9,11H,1-3H3,(H,22,24). The summed E-state index contributed by atoms with van der Waals surface area (Å²) in [6.07, 6.45) is 0. The van der Waals surface area contributed by atoms with E-state index in [1.807, 2.05) is 19.9 Å². The van der Waals surface area contributed by atoms with Crippen molar-refractivity contribution < 1.29 is 19.1 Å². The van der Waals surface area contributed by atoms with E-state index in [9.17, 15) is 19.6 Å². The van der Waals surface area contributed by atoms with Gasteiger partial charge in [0.2, 0.25) is 0 Å². The number of esters is 1. The third kappa shape index (κ3) is 3.17. The molecule has 2 amide bonds. The fourth-order valence-electron chi connectivity index (χ4n) is 3.06. The monoisotopic (exact) mass is 395 g/mol. The fraction of sp³-hybridized carbons (Fsp3) is 0.200. The molecule has 1 aromatic heterocycles. The first-order valence-electron chi connectivity index (χ1n) is 8.45. The van der Waals surface area contributed by atoms with Crippen LogP contribution < -0.4 is 10.2 Å². The van der Waals surface area contributed by atoms with Crippen LogP contribution in [-0.4, -0.2) is 30.9 Å². The number of fused-ring (bicyclic) bond motifs is 1. The number of nitrogens with zero attached hydrogens (tertiary/aromatic N) is 2. The van der Waals surface area contributed by atoms with Crippen LogP contribution >= 0.6 is 11.3 Å². The number of nitriles is 1. The van der Waals surface area contributed by atoms with Crippen molar-refractivity contribution in [3.63, 3.8) is 0 Å². The Hall–Kier alpha value is -3.44. The van der Waals surface area contributed by atoms with E-state index in [1.165, 1.54) is 7.11 Å². The average Bonchev–Trinajstić information content (AvgIpc) is 3.24. The predicted molar refractivity (Wildman–Crippen MR) is 106 cm³/mol. The van der Waals surface area contributed by atoms with E-state index in [4.69, 9.17) is 0 Å². The number of anilines is 2. The first kappa shape index (κ1) is 19.3. The van der Waals surface area contributed by atoms with Crippen molar-refractivity contribution in [1.29, 1.82) is 5.26 Å². The molecule has 0 bridgehead atoms. The van der Waals surface area contributed by atoms with Gasteiger partial charge in [0.05, 0.1) is 24.1 Å². The third-order valence-electron chi connectivity index (χ3n) is 4.26. The Morgan fingerprint density at radius 1 is 1.25 bits per heavy atom. The van der Waals surface area contributed by atoms with E-state index < -0.39 is 17.8 Å². The van der Waals surface area contributed by atoms with Gasteiger partial charge in [-0.1, -0.05) is 18.2 Å². The number of hydrogen-bond donors (Lipinski definition) is 1. The van der Waals surface area contributed by atoms with E-state index in [1.54, 1.807) is 40.6 Å². The van der Waals surface area contributed by atoms with Crippen molar-refractivity contribution in [2.24, 2.45) is 0 Å². The molecule has 0 fully saturated rings. The van der Waals surface area contributed by atoms with Crippen LogP contribution in [0.5, 0.6) is 0 Å². The second-order valence-corrected chi connectivity index (χ2v) is 7.17. The molecular weight excluding hydrogens is 378 g/mol. The number of carbonyl (C=O) groups is 3. The number of benzene rings is 1. The molecule has 28 heavy (non-hydrogen) atoms. The van der Waals surface area contributed by atoms with Gasteiger partial charge < -0.3 is 15.0 Å². The number of ether oxygens (including phenoxy) is 1. The Balaban J connectivity index is 2.06. The molecule has 1 aliphatic heterocycles. The zero-order valence-corrected chi connectivity index (χ0v) is 16.3. The lowest BCUT2D eigenvalue weighted by Gasteiger charge is -2.21. The van der Waals surface area contributed by atoms with Gasteiger partial charge in [-0.3, -0.25) is 9.59 Å². The summed E-state index contributed by atoms with van der Waals surface area (Å²) in [5.74, 6) is -1.75. The largest absolute Gasteiger partial charge is 0.465 e. The number of nitrogens with one attached hydrogen (secondary N) is 1. The molecule has 1 N–H and O–H groups in total. The van der Waals surface area contributed by atoms with E-state index >= 15 is 0 Å². The van der Waals surface area contributed by atoms with Crippen molar-refractivity contribution >= 4 is 46.1 Å². The minimum atomic E-state index is -0.755. The molecule has 3 rings (SSSR count). The molecule has 0 aliphatic carbocycles. The van der Waals surface area contributed by atoms with Crippen LogP contribution in [0.4, 0.5) is 11.4 Å². The molecule has 8 heteroatoms. The van der Waals surface area contributed by atoms with Gasteiger partial charge >= 0.3 is 5.97 Å². The van der Waals surface area contributed by atoms with E-state index in [0.717, 1.165) is 11.3 Å². The van der Waals surface area contributed by atoms with Crippen molar-refractivity contribution in [3.05, 3.63) is 51.7 Å². The number of rotatable bonds is 4. The topological polar surface area (TPSA) is 99.5 Å². The number of methoxy groups -OCH3 is 1. The quantitative estimate of drug-likeness (QED) is 0.487. The molecule has 1 aromatic carbocycles. The molecule has 2 heterocycles. The summed E-state index contributed by atoms with van der Waals surface area (Å²) in [6.45, 7) is 3.72. The van der Waals surface area contributed by atoms with E-state index in [0.29, 0.717) is 11.3 Å². The third-order valence-corrected chi connectivity index (χ3v) is 5.15. The smallest absolute Gasteiger partial charge is 0.350 e. The van der Waals surface area contributed by atoms with Gasteiger partial charge in [0, 0.05) is 11.6 Å². The van der Waals surface area contributed by atoms with Crippen LogP contribution in [0.3, 0.4) is 0 Å². The number of thiophene rings is 1. The molecule has 1 aliphatic rings. The second kappa shape index (κ2) is 7.66. The normalized spacial score (nSPS) is 14.5. The van der Waals surface area contributed by atoms with Crippen LogP contribution in [0, 0.1) is 11.3 Å². The molecule has 7 nitrogen and oxygen atoms in total. The number of para-hydroxylation sites is 1. The molecule has 0 saturated carbocycles. The van der Waals surface area contributed by atoms with E-state index in [2.05, 4.69) is 10.1 Å². The van der Waals surface area contributed by atoms with Gasteiger partial charge in [-0.05, 0) is 31.4 Å². The van der Waals surface area contributed by atoms with Gasteiger partial charge in [-0.15, -0.1) is 11.3 Å². The highest BCUT2D eigenvalue weighted by molar-refractivity contribution is 7.12. The zero-order valence-electron chi connectivity index (χ0n) is 15.5. The summed E-state index contributed by atoms with van der Waals surface area (Å²) in [4.78, 5) is 39.4.